The molecule has 1 spiro atoms. The summed E-state index contributed by atoms with van der Waals surface area (Å²) in [5, 5.41) is 3.81. The third-order valence-corrected chi connectivity index (χ3v) is 6.91. The number of carbonyl (C=O) groups excluding carboxylic acids is 1. The van der Waals surface area contributed by atoms with Gasteiger partial charge in [0.25, 0.3) is 5.91 Å². The molecular formula is C17H23N3O2S. The van der Waals surface area contributed by atoms with Gasteiger partial charge in [0.1, 0.15) is 0 Å². The summed E-state index contributed by atoms with van der Waals surface area (Å²) in [5.41, 5.74) is 0.273. The molecule has 0 bridgehead atoms. The first kappa shape index (κ1) is 15.3. The monoisotopic (exact) mass is 333 g/mol. The van der Waals surface area contributed by atoms with Crippen LogP contribution in [-0.4, -0.2) is 51.5 Å². The number of pyridine rings is 1. The van der Waals surface area contributed by atoms with Crippen LogP contribution >= 0.6 is 11.8 Å². The zero-order valence-corrected chi connectivity index (χ0v) is 14.0. The Balaban J connectivity index is 1.32. The van der Waals surface area contributed by atoms with Gasteiger partial charge in [0.05, 0.1) is 4.75 Å². The predicted molar refractivity (Wildman–Crippen MR) is 92.0 cm³/mol. The predicted octanol–water partition coefficient (Wildman–Crippen LogP) is 1.61. The Labute approximate surface area is 140 Å². The lowest BCUT2D eigenvalue weighted by molar-refractivity contribution is 0.0551. The molecule has 0 aromatic carbocycles. The highest BCUT2D eigenvalue weighted by Gasteiger charge is 2.50. The summed E-state index contributed by atoms with van der Waals surface area (Å²) in [7, 11) is 0. The van der Waals surface area contributed by atoms with E-state index in [2.05, 4.69) is 10.3 Å². The molecule has 1 atom stereocenters. The van der Waals surface area contributed by atoms with Gasteiger partial charge >= 0.3 is 0 Å². The summed E-state index contributed by atoms with van der Waals surface area (Å²) in [6.07, 6.45) is 8.06. The first-order chi connectivity index (χ1) is 11.1. The Morgan fingerprint density at radius 2 is 2.09 bits per heavy atom. The van der Waals surface area contributed by atoms with Crippen molar-refractivity contribution in [1.29, 1.82) is 0 Å². The van der Waals surface area contributed by atoms with Gasteiger partial charge in [0, 0.05) is 48.8 Å². The zero-order valence-electron chi connectivity index (χ0n) is 13.2. The molecule has 5 nitrogen and oxygen atoms in total. The van der Waals surface area contributed by atoms with Crippen LogP contribution in [0.3, 0.4) is 0 Å². The van der Waals surface area contributed by atoms with Gasteiger partial charge in [0.2, 0.25) is 5.56 Å². The average Bonchev–Trinajstić information content (AvgIpc) is 3.15. The van der Waals surface area contributed by atoms with Crippen molar-refractivity contribution in [3.05, 3.63) is 34.2 Å². The van der Waals surface area contributed by atoms with Crippen LogP contribution in [0.1, 0.15) is 42.5 Å². The van der Waals surface area contributed by atoms with Gasteiger partial charge in [-0.25, -0.2) is 0 Å². The maximum atomic E-state index is 12.4. The molecule has 4 rings (SSSR count). The lowest BCUT2D eigenvalue weighted by atomic mass is 9.91. The number of thioether (sulfide) groups is 1. The molecule has 2 N–H and O–H groups in total. The van der Waals surface area contributed by atoms with Gasteiger partial charge in [-0.15, -0.1) is 11.8 Å². The molecule has 1 saturated carbocycles. The van der Waals surface area contributed by atoms with E-state index >= 15 is 0 Å². The number of aromatic amines is 1. The summed E-state index contributed by atoms with van der Waals surface area (Å²) in [4.78, 5) is 28.2. The maximum Gasteiger partial charge on any atom is 0.254 e. The number of hydrogen-bond acceptors (Lipinski definition) is 4. The van der Waals surface area contributed by atoms with Crippen molar-refractivity contribution in [3.8, 4) is 0 Å². The highest BCUT2D eigenvalue weighted by molar-refractivity contribution is 8.01. The first-order valence-electron chi connectivity index (χ1n) is 8.52. The molecule has 1 aromatic heterocycles. The Morgan fingerprint density at radius 1 is 1.30 bits per heavy atom. The van der Waals surface area contributed by atoms with Crippen LogP contribution in [0.5, 0.6) is 0 Å². The van der Waals surface area contributed by atoms with E-state index in [0.717, 1.165) is 25.3 Å². The van der Waals surface area contributed by atoms with Gasteiger partial charge in [-0.1, -0.05) is 12.8 Å². The Hall–Kier alpha value is -1.27. The topological polar surface area (TPSA) is 65.2 Å². The second kappa shape index (κ2) is 5.98. The molecule has 2 saturated heterocycles. The van der Waals surface area contributed by atoms with E-state index in [-0.39, 0.29) is 16.2 Å². The van der Waals surface area contributed by atoms with Gasteiger partial charge in [-0.3, -0.25) is 9.59 Å². The van der Waals surface area contributed by atoms with E-state index < -0.39 is 0 Å². The molecule has 1 unspecified atom stereocenters. The number of hydrogen-bond donors (Lipinski definition) is 2. The van der Waals surface area contributed by atoms with Gasteiger partial charge in [-0.05, 0) is 25.3 Å². The van der Waals surface area contributed by atoms with Crippen LogP contribution in [0.15, 0.2) is 23.1 Å². The average molecular weight is 333 g/mol. The van der Waals surface area contributed by atoms with Crippen molar-refractivity contribution in [1.82, 2.24) is 15.2 Å². The van der Waals surface area contributed by atoms with Gasteiger partial charge in [-0.2, -0.15) is 0 Å². The molecule has 124 valence electrons. The highest BCUT2D eigenvalue weighted by Crippen LogP contribution is 2.45. The Bertz CT molecular complexity index is 647. The third-order valence-electron chi connectivity index (χ3n) is 5.30. The summed E-state index contributed by atoms with van der Waals surface area (Å²) >= 11 is 2.02. The van der Waals surface area contributed by atoms with E-state index in [4.69, 9.17) is 0 Å². The van der Waals surface area contributed by atoms with Crippen LogP contribution < -0.4 is 10.9 Å². The quantitative estimate of drug-likeness (QED) is 0.882. The van der Waals surface area contributed by atoms with Crippen LogP contribution in [0.25, 0.3) is 0 Å². The SMILES string of the molecule is O=C(c1cc[nH]c(=O)c1)N1CC2(CC(NC3CCCC3)CS2)C1. The molecule has 2 aliphatic heterocycles. The molecule has 0 radical (unpaired) electrons. The molecule has 23 heavy (non-hydrogen) atoms. The smallest absolute Gasteiger partial charge is 0.254 e. The van der Waals surface area contributed by atoms with Crippen LogP contribution in [-0.2, 0) is 0 Å². The lowest BCUT2D eigenvalue weighted by Gasteiger charge is -2.47. The summed E-state index contributed by atoms with van der Waals surface area (Å²) in [6, 6.07) is 4.38. The largest absolute Gasteiger partial charge is 0.336 e. The van der Waals surface area contributed by atoms with Crippen LogP contribution in [0.2, 0.25) is 0 Å². The minimum atomic E-state index is -0.220. The van der Waals surface area contributed by atoms with E-state index in [9.17, 15) is 9.59 Å². The first-order valence-corrected chi connectivity index (χ1v) is 9.50. The van der Waals surface area contributed by atoms with Crippen molar-refractivity contribution < 1.29 is 4.79 Å². The molecule has 3 heterocycles. The lowest BCUT2D eigenvalue weighted by Crippen LogP contribution is -2.61. The minimum absolute atomic E-state index is 0.0190. The minimum Gasteiger partial charge on any atom is -0.336 e. The van der Waals surface area contributed by atoms with Gasteiger partial charge < -0.3 is 15.2 Å². The molecule has 3 aliphatic rings. The standard InChI is InChI=1S/C17H23N3O2S/c21-15-7-12(5-6-18-15)16(22)20-10-17(11-20)8-14(9-23-17)19-13-3-1-2-4-13/h5-7,13-14,19H,1-4,8-11H2,(H,18,21). The number of amides is 1. The highest BCUT2D eigenvalue weighted by atomic mass is 32.2. The zero-order chi connectivity index (χ0) is 15.9. The number of aromatic nitrogens is 1. The summed E-state index contributed by atoms with van der Waals surface area (Å²) < 4.78 is 0.243. The number of rotatable bonds is 3. The van der Waals surface area contributed by atoms with E-state index in [1.807, 2.05) is 16.7 Å². The fraction of sp³-hybridized carbons (Fsp3) is 0.647. The third kappa shape index (κ3) is 3.06. The Morgan fingerprint density at radius 3 is 2.83 bits per heavy atom. The molecule has 3 fully saturated rings. The van der Waals surface area contributed by atoms with Gasteiger partial charge in [0.15, 0.2) is 0 Å². The second-order valence-electron chi connectivity index (χ2n) is 7.15. The normalized spacial score (nSPS) is 26.6. The van der Waals surface area contributed by atoms with E-state index in [1.165, 1.54) is 37.9 Å². The second-order valence-corrected chi connectivity index (χ2v) is 8.63. The summed E-state index contributed by atoms with van der Waals surface area (Å²) in [5.74, 6) is 1.14. The maximum absolute atomic E-state index is 12.4. The molecule has 1 aromatic rings. The molecule has 1 amide bonds. The fourth-order valence-corrected chi connectivity index (χ4v) is 5.73. The molecular weight excluding hydrogens is 310 g/mol. The van der Waals surface area contributed by atoms with E-state index in [0.29, 0.717) is 17.6 Å². The Kier molecular flexibility index (Phi) is 3.97. The van der Waals surface area contributed by atoms with Crippen molar-refractivity contribution in [2.45, 2.75) is 48.9 Å². The van der Waals surface area contributed by atoms with Crippen molar-refractivity contribution >= 4 is 17.7 Å². The molecule has 1 aliphatic carbocycles. The number of H-pyrrole nitrogens is 1. The van der Waals surface area contributed by atoms with E-state index in [1.54, 1.807) is 6.07 Å². The number of likely N-dealkylation sites (tertiary alicyclic amines) is 1. The van der Waals surface area contributed by atoms with Crippen LogP contribution in [0.4, 0.5) is 0 Å². The van der Waals surface area contributed by atoms with Crippen LogP contribution in [0, 0.1) is 0 Å². The van der Waals surface area contributed by atoms with Crippen molar-refractivity contribution in [2.75, 3.05) is 18.8 Å². The summed E-state index contributed by atoms with van der Waals surface area (Å²) in [6.45, 7) is 1.62. The number of nitrogens with zero attached hydrogens (tertiary/aromatic N) is 1. The van der Waals surface area contributed by atoms with Crippen molar-refractivity contribution in [2.24, 2.45) is 0 Å². The van der Waals surface area contributed by atoms with Crippen molar-refractivity contribution in [3.63, 3.8) is 0 Å². The number of carbonyl (C=O) groups is 1. The molecule has 6 heteroatoms. The fourth-order valence-electron chi connectivity index (χ4n) is 4.15. The number of nitrogens with one attached hydrogen (secondary N) is 2.